The first-order valence-corrected chi connectivity index (χ1v) is 8.34. The molecule has 0 unspecified atom stereocenters. The van der Waals surface area contributed by atoms with Crippen molar-refractivity contribution in [2.75, 3.05) is 24.4 Å². The van der Waals surface area contributed by atoms with Gasteiger partial charge in [0.1, 0.15) is 0 Å². The molecule has 0 bridgehead atoms. The number of benzene rings is 2. The van der Waals surface area contributed by atoms with Crippen molar-refractivity contribution in [1.82, 2.24) is 9.78 Å². The largest absolute Gasteiger partial charge is 0.452 e. The number of carbonyl (C=O) groups is 2. The Labute approximate surface area is 157 Å². The van der Waals surface area contributed by atoms with Crippen LogP contribution in [0.25, 0.3) is 5.69 Å². The molecule has 3 aromatic rings. The number of nitrogens with one attached hydrogen (secondary N) is 1. The zero-order valence-electron chi connectivity index (χ0n) is 15.3. The van der Waals surface area contributed by atoms with Crippen molar-refractivity contribution in [2.24, 2.45) is 0 Å². The minimum atomic E-state index is -0.459. The predicted molar refractivity (Wildman–Crippen MR) is 104 cm³/mol. The number of aromatic nitrogens is 2. The highest BCUT2D eigenvalue weighted by molar-refractivity contribution is 6.04. The van der Waals surface area contributed by atoms with Crippen molar-refractivity contribution in [3.05, 3.63) is 72.1 Å². The molecule has 0 radical (unpaired) electrons. The number of carbonyl (C=O) groups excluding carboxylic acids is 2. The van der Waals surface area contributed by atoms with E-state index in [0.717, 1.165) is 11.4 Å². The summed E-state index contributed by atoms with van der Waals surface area (Å²) in [5.74, 6) is -0.215. The smallest absolute Gasteiger partial charge is 0.413 e. The molecule has 0 atom stereocenters. The highest BCUT2D eigenvalue weighted by Gasteiger charge is 2.11. The summed E-state index contributed by atoms with van der Waals surface area (Å²) in [6.07, 6.45) is 1.27. The number of hydrogen-bond acceptors (Lipinski definition) is 4. The second kappa shape index (κ2) is 7.74. The summed E-state index contributed by atoms with van der Waals surface area (Å²) in [6, 6.07) is 16.1. The first-order chi connectivity index (χ1) is 13.0. The van der Waals surface area contributed by atoms with Gasteiger partial charge >= 0.3 is 6.09 Å². The normalized spacial score (nSPS) is 10.3. The molecule has 0 saturated carbocycles. The highest BCUT2D eigenvalue weighted by atomic mass is 16.5. The van der Waals surface area contributed by atoms with Gasteiger partial charge in [-0.2, -0.15) is 5.10 Å². The lowest BCUT2D eigenvalue weighted by Gasteiger charge is -2.16. The minimum absolute atomic E-state index is 0.215. The number of rotatable bonds is 4. The van der Waals surface area contributed by atoms with Crippen LogP contribution < -0.4 is 10.2 Å². The lowest BCUT2D eigenvalue weighted by atomic mass is 10.2. The van der Waals surface area contributed by atoms with Gasteiger partial charge in [0, 0.05) is 35.9 Å². The van der Waals surface area contributed by atoms with Gasteiger partial charge in [0.25, 0.3) is 5.91 Å². The van der Waals surface area contributed by atoms with E-state index in [4.69, 9.17) is 0 Å². The van der Waals surface area contributed by atoms with E-state index in [1.165, 1.54) is 12.0 Å². The van der Waals surface area contributed by atoms with Crippen molar-refractivity contribution in [1.29, 1.82) is 0 Å². The second-order valence-corrected chi connectivity index (χ2v) is 5.96. The first-order valence-electron chi connectivity index (χ1n) is 8.34. The molecule has 0 fully saturated rings. The van der Waals surface area contributed by atoms with E-state index in [2.05, 4.69) is 15.2 Å². The van der Waals surface area contributed by atoms with Crippen molar-refractivity contribution in [3.63, 3.8) is 0 Å². The zero-order chi connectivity index (χ0) is 19.4. The van der Waals surface area contributed by atoms with Gasteiger partial charge < -0.3 is 10.1 Å². The van der Waals surface area contributed by atoms with Crippen molar-refractivity contribution < 1.29 is 14.3 Å². The topological polar surface area (TPSA) is 76.5 Å². The number of ether oxygens (including phenoxy) is 1. The molecule has 0 saturated heterocycles. The fourth-order valence-electron chi connectivity index (χ4n) is 2.61. The maximum atomic E-state index is 12.4. The van der Waals surface area contributed by atoms with Crippen molar-refractivity contribution in [2.45, 2.75) is 6.92 Å². The van der Waals surface area contributed by atoms with Crippen LogP contribution in [0.4, 0.5) is 16.2 Å². The molecule has 7 nitrogen and oxygen atoms in total. The third-order valence-electron chi connectivity index (χ3n) is 4.17. The quantitative estimate of drug-likeness (QED) is 0.767. The van der Waals surface area contributed by atoms with Gasteiger partial charge in [0.05, 0.1) is 12.8 Å². The third kappa shape index (κ3) is 3.98. The third-order valence-corrected chi connectivity index (χ3v) is 4.17. The molecule has 2 aromatic carbocycles. The maximum Gasteiger partial charge on any atom is 0.413 e. The summed E-state index contributed by atoms with van der Waals surface area (Å²) in [5, 5.41) is 7.09. The molecule has 2 amide bonds. The SMILES string of the molecule is COC(=O)N(C)c1ccc(NC(=O)c2ccc(-n3nccc3C)cc2)cc1. The molecule has 27 heavy (non-hydrogen) atoms. The maximum absolute atomic E-state index is 12.4. The summed E-state index contributed by atoms with van der Waals surface area (Å²) >= 11 is 0. The molecule has 0 aliphatic heterocycles. The number of amides is 2. The lowest BCUT2D eigenvalue weighted by molar-refractivity contribution is 0.102. The van der Waals surface area contributed by atoms with Crippen LogP contribution in [-0.4, -0.2) is 35.9 Å². The molecule has 1 heterocycles. The molecule has 138 valence electrons. The number of anilines is 2. The van der Waals surface area contributed by atoms with Crippen LogP contribution >= 0.6 is 0 Å². The lowest BCUT2D eigenvalue weighted by Crippen LogP contribution is -2.25. The monoisotopic (exact) mass is 364 g/mol. The molecule has 1 aromatic heterocycles. The molecule has 0 spiro atoms. The van der Waals surface area contributed by atoms with Crippen LogP contribution in [0.2, 0.25) is 0 Å². The Morgan fingerprint density at radius 2 is 1.70 bits per heavy atom. The van der Waals surface area contributed by atoms with Gasteiger partial charge in [-0.3, -0.25) is 9.69 Å². The molecule has 3 rings (SSSR count). The second-order valence-electron chi connectivity index (χ2n) is 5.96. The van der Waals surface area contributed by atoms with E-state index >= 15 is 0 Å². The fourth-order valence-corrected chi connectivity index (χ4v) is 2.61. The van der Waals surface area contributed by atoms with E-state index in [9.17, 15) is 9.59 Å². The fraction of sp³-hybridized carbons (Fsp3) is 0.150. The van der Waals surface area contributed by atoms with Crippen LogP contribution in [0.1, 0.15) is 16.1 Å². The van der Waals surface area contributed by atoms with Gasteiger partial charge in [-0.1, -0.05) is 0 Å². The van der Waals surface area contributed by atoms with Crippen molar-refractivity contribution in [3.8, 4) is 5.69 Å². The Bertz CT molecular complexity index is 946. The molecule has 0 aliphatic carbocycles. The molecule has 7 heteroatoms. The van der Waals surface area contributed by atoms with E-state index in [1.54, 1.807) is 54.3 Å². The van der Waals surface area contributed by atoms with Gasteiger partial charge in [-0.15, -0.1) is 0 Å². The summed E-state index contributed by atoms with van der Waals surface area (Å²) in [7, 11) is 2.94. The van der Waals surface area contributed by atoms with E-state index in [-0.39, 0.29) is 5.91 Å². The minimum Gasteiger partial charge on any atom is -0.452 e. The number of hydrogen-bond donors (Lipinski definition) is 1. The number of methoxy groups -OCH3 is 1. The number of aryl methyl sites for hydroxylation is 1. The molecular weight excluding hydrogens is 344 g/mol. The Balaban J connectivity index is 1.68. The summed E-state index contributed by atoms with van der Waals surface area (Å²) in [6.45, 7) is 1.97. The average molecular weight is 364 g/mol. The van der Waals surface area contributed by atoms with Gasteiger partial charge in [-0.25, -0.2) is 9.48 Å². The Hall–Kier alpha value is -3.61. The Morgan fingerprint density at radius 1 is 1.04 bits per heavy atom. The predicted octanol–water partition coefficient (Wildman–Crippen LogP) is 3.64. The van der Waals surface area contributed by atoms with Gasteiger partial charge in [0.15, 0.2) is 0 Å². The van der Waals surface area contributed by atoms with Crippen LogP contribution in [-0.2, 0) is 4.74 Å². The van der Waals surface area contributed by atoms with E-state index in [1.807, 2.05) is 25.1 Å². The Kier molecular flexibility index (Phi) is 5.21. The van der Waals surface area contributed by atoms with E-state index in [0.29, 0.717) is 16.9 Å². The van der Waals surface area contributed by atoms with Crippen LogP contribution in [0.5, 0.6) is 0 Å². The molecular formula is C20H20N4O3. The molecule has 1 N–H and O–H groups in total. The first kappa shape index (κ1) is 18.2. The summed E-state index contributed by atoms with van der Waals surface area (Å²) in [5.41, 5.74) is 3.75. The summed E-state index contributed by atoms with van der Waals surface area (Å²) < 4.78 is 6.48. The van der Waals surface area contributed by atoms with Gasteiger partial charge in [-0.05, 0) is 61.5 Å². The highest BCUT2D eigenvalue weighted by Crippen LogP contribution is 2.18. The zero-order valence-corrected chi connectivity index (χ0v) is 15.3. The number of nitrogens with zero attached hydrogens (tertiary/aromatic N) is 3. The van der Waals surface area contributed by atoms with E-state index < -0.39 is 6.09 Å². The summed E-state index contributed by atoms with van der Waals surface area (Å²) in [4.78, 5) is 25.3. The average Bonchev–Trinajstić information content (AvgIpc) is 3.13. The standard InChI is InChI=1S/C20H20N4O3/c1-14-12-13-21-24(14)18-8-4-15(5-9-18)19(25)22-16-6-10-17(11-7-16)23(2)20(26)27-3/h4-13H,1-3H3,(H,22,25). The Morgan fingerprint density at radius 3 is 2.26 bits per heavy atom. The van der Waals surface area contributed by atoms with Crippen molar-refractivity contribution >= 4 is 23.4 Å². The molecule has 0 aliphatic rings. The van der Waals surface area contributed by atoms with Crippen LogP contribution in [0, 0.1) is 6.92 Å². The van der Waals surface area contributed by atoms with Crippen LogP contribution in [0.3, 0.4) is 0 Å². The van der Waals surface area contributed by atoms with Crippen LogP contribution in [0.15, 0.2) is 60.8 Å². The van der Waals surface area contributed by atoms with Gasteiger partial charge in [0.2, 0.25) is 0 Å².